The van der Waals surface area contributed by atoms with E-state index in [9.17, 15) is 10.1 Å². The molecular weight excluding hydrogens is 362 g/mol. The molecule has 29 heavy (non-hydrogen) atoms. The van der Waals surface area contributed by atoms with Gasteiger partial charge in [-0.15, -0.1) is 0 Å². The van der Waals surface area contributed by atoms with E-state index in [1.165, 1.54) is 5.56 Å². The molecule has 0 bridgehead atoms. The number of piperidine rings is 1. The van der Waals surface area contributed by atoms with Gasteiger partial charge in [-0.2, -0.15) is 10.4 Å². The smallest absolute Gasteiger partial charge is 0.254 e. The molecule has 2 aromatic carbocycles. The topological polar surface area (TPSA) is 87.9 Å². The van der Waals surface area contributed by atoms with Crippen molar-refractivity contribution in [2.75, 3.05) is 13.1 Å². The van der Waals surface area contributed by atoms with Gasteiger partial charge in [0.25, 0.3) is 5.91 Å². The molecule has 1 fully saturated rings. The van der Waals surface area contributed by atoms with Gasteiger partial charge in [-0.05, 0) is 44.0 Å². The van der Waals surface area contributed by atoms with E-state index in [2.05, 4.69) is 11.2 Å². The summed E-state index contributed by atoms with van der Waals surface area (Å²) in [6, 6.07) is 17.4. The third kappa shape index (κ3) is 4.05. The Hall–Kier alpha value is -3.43. The first kappa shape index (κ1) is 18.9. The zero-order chi connectivity index (χ0) is 20.4. The van der Waals surface area contributed by atoms with Gasteiger partial charge in [0, 0.05) is 36.5 Å². The van der Waals surface area contributed by atoms with Crippen LogP contribution in [0.4, 0.5) is 0 Å². The molecule has 6 heteroatoms. The fourth-order valence-corrected chi connectivity index (χ4v) is 3.65. The summed E-state index contributed by atoms with van der Waals surface area (Å²) in [4.78, 5) is 14.8. The standard InChI is InChI=1S/C23H23N5O/c1-16-4-6-18(7-5-16)22-8-10-28(26-22)21-12-17(14-24)11-19(13-21)23(29)27-9-2-3-20(25)15-27/h4-8,10-13,20H,2-3,9,15,25H2,1H3/t20-/m1/s1. The van der Waals surface area contributed by atoms with Crippen molar-refractivity contribution in [3.8, 4) is 23.0 Å². The molecule has 146 valence electrons. The number of carbonyl (C=O) groups is 1. The van der Waals surface area contributed by atoms with Crippen LogP contribution >= 0.6 is 0 Å². The van der Waals surface area contributed by atoms with E-state index in [0.717, 1.165) is 24.1 Å². The van der Waals surface area contributed by atoms with Gasteiger partial charge in [-0.25, -0.2) is 4.68 Å². The Bertz CT molecular complexity index is 1080. The molecule has 1 atom stereocenters. The number of aryl methyl sites for hydroxylation is 1. The molecule has 1 amide bonds. The molecule has 1 aliphatic heterocycles. The minimum atomic E-state index is -0.0931. The summed E-state index contributed by atoms with van der Waals surface area (Å²) in [6.45, 7) is 3.28. The molecule has 4 rings (SSSR count). The molecule has 1 saturated heterocycles. The van der Waals surface area contributed by atoms with E-state index in [-0.39, 0.29) is 11.9 Å². The van der Waals surface area contributed by atoms with Gasteiger partial charge in [0.2, 0.25) is 0 Å². The lowest BCUT2D eigenvalue weighted by molar-refractivity contribution is 0.0708. The van der Waals surface area contributed by atoms with E-state index in [4.69, 9.17) is 5.73 Å². The minimum absolute atomic E-state index is 0.00880. The van der Waals surface area contributed by atoms with Gasteiger partial charge in [-0.3, -0.25) is 4.79 Å². The third-order valence-corrected chi connectivity index (χ3v) is 5.24. The van der Waals surface area contributed by atoms with Crippen molar-refractivity contribution in [2.45, 2.75) is 25.8 Å². The number of hydrogen-bond acceptors (Lipinski definition) is 4. The maximum atomic E-state index is 13.0. The van der Waals surface area contributed by atoms with Crippen molar-refractivity contribution in [1.29, 1.82) is 5.26 Å². The fourth-order valence-electron chi connectivity index (χ4n) is 3.65. The van der Waals surface area contributed by atoms with Crippen molar-refractivity contribution in [3.63, 3.8) is 0 Å². The molecule has 1 aromatic heterocycles. The van der Waals surface area contributed by atoms with Gasteiger partial charge in [0.05, 0.1) is 23.0 Å². The molecule has 0 aliphatic carbocycles. The molecule has 2 heterocycles. The number of nitrogens with two attached hydrogens (primary N) is 1. The average molecular weight is 385 g/mol. The van der Waals surface area contributed by atoms with Crippen molar-refractivity contribution >= 4 is 5.91 Å². The molecule has 0 unspecified atom stereocenters. The number of amides is 1. The second-order valence-electron chi connectivity index (χ2n) is 7.55. The number of nitrogens with zero attached hydrogens (tertiary/aromatic N) is 4. The van der Waals surface area contributed by atoms with Gasteiger partial charge in [-0.1, -0.05) is 29.8 Å². The average Bonchev–Trinajstić information content (AvgIpc) is 3.23. The number of rotatable bonds is 3. The van der Waals surface area contributed by atoms with Crippen molar-refractivity contribution in [2.24, 2.45) is 5.73 Å². The molecule has 6 nitrogen and oxygen atoms in total. The van der Waals surface area contributed by atoms with Crippen LogP contribution in [-0.4, -0.2) is 39.7 Å². The third-order valence-electron chi connectivity index (χ3n) is 5.24. The first-order valence-corrected chi connectivity index (χ1v) is 9.76. The Morgan fingerprint density at radius 1 is 1.21 bits per heavy atom. The normalized spacial score (nSPS) is 16.4. The Balaban J connectivity index is 1.66. The van der Waals surface area contributed by atoms with Crippen LogP contribution < -0.4 is 5.73 Å². The molecule has 0 radical (unpaired) electrons. The molecular formula is C23H23N5O. The Labute approximate surface area is 170 Å². The van der Waals surface area contributed by atoms with Crippen LogP contribution in [0.15, 0.2) is 54.7 Å². The van der Waals surface area contributed by atoms with E-state index in [0.29, 0.717) is 29.9 Å². The first-order chi connectivity index (χ1) is 14.0. The van der Waals surface area contributed by atoms with Crippen LogP contribution in [0.2, 0.25) is 0 Å². The summed E-state index contributed by atoms with van der Waals surface area (Å²) in [5, 5.41) is 14.1. The Kier molecular flexibility index (Phi) is 5.15. The second-order valence-corrected chi connectivity index (χ2v) is 7.55. The highest BCUT2D eigenvalue weighted by Crippen LogP contribution is 2.21. The highest BCUT2D eigenvalue weighted by Gasteiger charge is 2.23. The lowest BCUT2D eigenvalue weighted by Gasteiger charge is -2.31. The van der Waals surface area contributed by atoms with Gasteiger partial charge < -0.3 is 10.6 Å². The molecule has 2 N–H and O–H groups in total. The van der Waals surface area contributed by atoms with Crippen LogP contribution in [0, 0.1) is 18.3 Å². The molecule has 0 saturated carbocycles. The summed E-state index contributed by atoms with van der Waals surface area (Å²) in [6.07, 6.45) is 3.68. The van der Waals surface area contributed by atoms with Crippen LogP contribution in [0.1, 0.15) is 34.3 Å². The second kappa shape index (κ2) is 7.90. The highest BCUT2D eigenvalue weighted by atomic mass is 16.2. The van der Waals surface area contributed by atoms with Crippen LogP contribution in [0.3, 0.4) is 0 Å². The number of benzene rings is 2. The summed E-state index contributed by atoms with van der Waals surface area (Å²) in [5.41, 5.74) is 10.7. The first-order valence-electron chi connectivity index (χ1n) is 9.76. The number of aromatic nitrogens is 2. The van der Waals surface area contributed by atoms with Gasteiger partial charge in [0.1, 0.15) is 0 Å². The quantitative estimate of drug-likeness (QED) is 0.749. The van der Waals surface area contributed by atoms with Crippen LogP contribution in [-0.2, 0) is 0 Å². The van der Waals surface area contributed by atoms with Crippen LogP contribution in [0.25, 0.3) is 16.9 Å². The van der Waals surface area contributed by atoms with Crippen molar-refractivity contribution in [1.82, 2.24) is 14.7 Å². The van der Waals surface area contributed by atoms with Gasteiger partial charge in [0.15, 0.2) is 0 Å². The molecule has 1 aliphatic rings. The fraction of sp³-hybridized carbons (Fsp3) is 0.261. The predicted molar refractivity (Wildman–Crippen MR) is 112 cm³/mol. The maximum absolute atomic E-state index is 13.0. The molecule has 0 spiro atoms. The lowest BCUT2D eigenvalue weighted by atomic mass is 10.0. The number of likely N-dealkylation sites (tertiary alicyclic amines) is 1. The van der Waals surface area contributed by atoms with Crippen molar-refractivity contribution in [3.05, 3.63) is 71.4 Å². The zero-order valence-electron chi connectivity index (χ0n) is 16.4. The Morgan fingerprint density at radius 3 is 2.72 bits per heavy atom. The lowest BCUT2D eigenvalue weighted by Crippen LogP contribution is -2.45. The van der Waals surface area contributed by atoms with E-state index in [1.54, 1.807) is 27.8 Å². The zero-order valence-corrected chi connectivity index (χ0v) is 16.4. The van der Waals surface area contributed by atoms with Gasteiger partial charge >= 0.3 is 0 Å². The minimum Gasteiger partial charge on any atom is -0.337 e. The summed E-state index contributed by atoms with van der Waals surface area (Å²) in [5.74, 6) is -0.0931. The van der Waals surface area contributed by atoms with E-state index in [1.807, 2.05) is 43.5 Å². The SMILES string of the molecule is Cc1ccc(-c2ccn(-c3cc(C#N)cc(C(=O)N4CCC[C@@H](N)C4)c3)n2)cc1. The molecule has 3 aromatic rings. The number of hydrogen-bond donors (Lipinski definition) is 1. The highest BCUT2D eigenvalue weighted by molar-refractivity contribution is 5.95. The largest absolute Gasteiger partial charge is 0.337 e. The number of nitriles is 1. The monoisotopic (exact) mass is 385 g/mol. The summed E-state index contributed by atoms with van der Waals surface area (Å²) < 4.78 is 1.70. The maximum Gasteiger partial charge on any atom is 0.254 e. The van der Waals surface area contributed by atoms with E-state index >= 15 is 0 Å². The Morgan fingerprint density at radius 2 is 2.00 bits per heavy atom. The number of carbonyl (C=O) groups excluding carboxylic acids is 1. The summed E-state index contributed by atoms with van der Waals surface area (Å²) in [7, 11) is 0. The predicted octanol–water partition coefficient (Wildman–Crippen LogP) is 3.28. The van der Waals surface area contributed by atoms with Crippen molar-refractivity contribution < 1.29 is 4.79 Å². The summed E-state index contributed by atoms with van der Waals surface area (Å²) >= 11 is 0. The van der Waals surface area contributed by atoms with E-state index < -0.39 is 0 Å². The van der Waals surface area contributed by atoms with Crippen LogP contribution in [0.5, 0.6) is 0 Å².